The molecule has 1 atom stereocenters. The Balaban J connectivity index is 1.69. The van der Waals surface area contributed by atoms with Crippen LogP contribution in [0.5, 0.6) is 5.75 Å². The molecule has 1 amide bonds. The zero-order chi connectivity index (χ0) is 22.7. The number of aliphatic imine (C=N–C) groups is 1. The van der Waals surface area contributed by atoms with Crippen molar-refractivity contribution in [1.29, 1.82) is 0 Å². The average Bonchev–Trinajstić information content (AvgIpc) is 2.83. The highest BCUT2D eigenvalue weighted by Crippen LogP contribution is 2.39. The Kier molecular flexibility index (Phi) is 6.00. The predicted octanol–water partition coefficient (Wildman–Crippen LogP) is 4.22. The van der Waals surface area contributed by atoms with Gasteiger partial charge in [-0.2, -0.15) is 0 Å². The third-order valence-corrected chi connectivity index (χ3v) is 5.47. The molecule has 162 valence electrons. The van der Waals surface area contributed by atoms with Gasteiger partial charge in [0.25, 0.3) is 5.91 Å². The lowest BCUT2D eigenvalue weighted by atomic mass is 9.99. The number of amidine groups is 1. The third-order valence-electron chi connectivity index (χ3n) is 5.47. The second-order valence-corrected chi connectivity index (χ2v) is 7.40. The summed E-state index contributed by atoms with van der Waals surface area (Å²) in [7, 11) is 1.58. The number of hydrogen-bond acceptors (Lipinski definition) is 6. The van der Waals surface area contributed by atoms with Crippen LogP contribution < -0.4 is 20.7 Å². The zero-order valence-electron chi connectivity index (χ0n) is 17.9. The quantitative estimate of drug-likeness (QED) is 0.573. The van der Waals surface area contributed by atoms with Gasteiger partial charge in [0.2, 0.25) is 0 Å². The first-order valence-electron chi connectivity index (χ1n) is 10.2. The molecule has 1 heterocycles. The molecular formula is C25H24N4O3. The summed E-state index contributed by atoms with van der Waals surface area (Å²) < 4.78 is 5.14. The van der Waals surface area contributed by atoms with Crippen LogP contribution in [0.3, 0.4) is 0 Å². The summed E-state index contributed by atoms with van der Waals surface area (Å²) in [6, 6.07) is 19.4. The number of nitrogens with one attached hydrogen (secondary N) is 1. The van der Waals surface area contributed by atoms with E-state index >= 15 is 0 Å². The number of fused-ring (bicyclic) bond motifs is 1. The molecule has 32 heavy (non-hydrogen) atoms. The Morgan fingerprint density at radius 2 is 1.91 bits per heavy atom. The molecule has 1 aliphatic heterocycles. The van der Waals surface area contributed by atoms with Crippen molar-refractivity contribution in [1.82, 2.24) is 0 Å². The van der Waals surface area contributed by atoms with E-state index in [2.05, 4.69) is 10.3 Å². The number of ether oxygens (including phenoxy) is 1. The van der Waals surface area contributed by atoms with E-state index in [-0.39, 0.29) is 12.5 Å². The molecule has 0 spiro atoms. The topological polar surface area (TPSA) is 97.0 Å². The fourth-order valence-electron chi connectivity index (χ4n) is 3.85. The molecular weight excluding hydrogens is 404 g/mol. The summed E-state index contributed by atoms with van der Waals surface area (Å²) in [6.07, 6.45) is 0.903. The smallest absolute Gasteiger partial charge is 0.255 e. The highest BCUT2D eigenvalue weighted by atomic mass is 16.5. The Hall–Kier alpha value is -3.97. The minimum absolute atomic E-state index is 0.250. The number of carbonyl (C=O) groups is 2. The average molecular weight is 428 g/mol. The molecule has 3 aromatic rings. The van der Waals surface area contributed by atoms with Crippen LogP contribution in [-0.4, -0.2) is 25.1 Å². The van der Waals surface area contributed by atoms with Gasteiger partial charge in [0.05, 0.1) is 12.8 Å². The van der Waals surface area contributed by atoms with Gasteiger partial charge in [0.1, 0.15) is 23.9 Å². The van der Waals surface area contributed by atoms with E-state index in [9.17, 15) is 9.59 Å². The SMILES string of the molecule is COc1ccc(C(=O)Nc2ccc(CN)c(N3C(C)=Nc4ccccc4C3C=O)c2)cc1. The number of rotatable bonds is 6. The van der Waals surface area contributed by atoms with Crippen LogP contribution in [0.1, 0.15) is 34.5 Å². The number of nitrogens with two attached hydrogens (primary N) is 1. The first-order chi connectivity index (χ1) is 15.5. The number of nitrogens with zero attached hydrogens (tertiary/aromatic N) is 2. The standard InChI is InChI=1S/C25H24N4O3/c1-16-27-22-6-4-3-5-21(22)24(15-30)29(16)23-13-19(10-7-18(23)14-26)28-25(31)17-8-11-20(32-2)12-9-17/h3-13,15,24H,14,26H2,1-2H3,(H,28,31). The Labute approximate surface area is 186 Å². The molecule has 3 N–H and O–H groups in total. The maximum atomic E-state index is 12.7. The third kappa shape index (κ3) is 3.98. The first-order valence-corrected chi connectivity index (χ1v) is 10.2. The Morgan fingerprint density at radius 3 is 2.59 bits per heavy atom. The van der Waals surface area contributed by atoms with Gasteiger partial charge in [0.15, 0.2) is 0 Å². The molecule has 7 heteroatoms. The minimum atomic E-state index is -0.540. The molecule has 0 aromatic heterocycles. The number of aldehydes is 1. The van der Waals surface area contributed by atoms with Crippen LogP contribution >= 0.6 is 0 Å². The maximum absolute atomic E-state index is 12.7. The molecule has 7 nitrogen and oxygen atoms in total. The van der Waals surface area contributed by atoms with E-state index in [1.165, 1.54) is 0 Å². The van der Waals surface area contributed by atoms with Crippen molar-refractivity contribution in [3.8, 4) is 5.75 Å². The molecule has 1 aliphatic rings. The molecule has 0 saturated heterocycles. The van der Waals surface area contributed by atoms with E-state index in [0.29, 0.717) is 22.8 Å². The monoisotopic (exact) mass is 428 g/mol. The van der Waals surface area contributed by atoms with Crippen molar-refractivity contribution < 1.29 is 14.3 Å². The summed E-state index contributed by atoms with van der Waals surface area (Å²) in [5.41, 5.74) is 10.3. The van der Waals surface area contributed by atoms with Gasteiger partial charge >= 0.3 is 0 Å². The predicted molar refractivity (Wildman–Crippen MR) is 126 cm³/mol. The largest absolute Gasteiger partial charge is 0.497 e. The second kappa shape index (κ2) is 9.03. The highest BCUT2D eigenvalue weighted by molar-refractivity contribution is 6.07. The number of para-hydroxylation sites is 1. The number of benzene rings is 3. The lowest BCUT2D eigenvalue weighted by Gasteiger charge is -2.35. The summed E-state index contributed by atoms with van der Waals surface area (Å²) >= 11 is 0. The van der Waals surface area contributed by atoms with Crippen molar-refractivity contribution in [3.63, 3.8) is 0 Å². The van der Waals surface area contributed by atoms with Crippen LogP contribution in [0.2, 0.25) is 0 Å². The molecule has 0 saturated carbocycles. The van der Waals surface area contributed by atoms with Gasteiger partial charge in [-0.3, -0.25) is 4.79 Å². The molecule has 0 bridgehead atoms. The molecule has 4 rings (SSSR count). The Morgan fingerprint density at radius 1 is 1.16 bits per heavy atom. The lowest BCUT2D eigenvalue weighted by Crippen LogP contribution is -2.37. The van der Waals surface area contributed by atoms with Gasteiger partial charge in [0, 0.05) is 29.0 Å². The summed E-state index contributed by atoms with van der Waals surface area (Å²) in [4.78, 5) is 31.4. The highest BCUT2D eigenvalue weighted by Gasteiger charge is 2.30. The molecule has 0 fully saturated rings. The van der Waals surface area contributed by atoms with E-state index in [1.54, 1.807) is 37.4 Å². The lowest BCUT2D eigenvalue weighted by molar-refractivity contribution is -0.108. The first kappa shape index (κ1) is 21.3. The summed E-state index contributed by atoms with van der Waals surface area (Å²) in [6.45, 7) is 2.13. The van der Waals surface area contributed by atoms with E-state index in [0.717, 1.165) is 28.8 Å². The van der Waals surface area contributed by atoms with Gasteiger partial charge in [-0.05, 0) is 55.0 Å². The van der Waals surface area contributed by atoms with E-state index < -0.39 is 6.04 Å². The zero-order valence-corrected chi connectivity index (χ0v) is 17.9. The minimum Gasteiger partial charge on any atom is -0.497 e. The van der Waals surface area contributed by atoms with Crippen molar-refractivity contribution in [3.05, 3.63) is 83.4 Å². The fourth-order valence-corrected chi connectivity index (χ4v) is 3.85. The van der Waals surface area contributed by atoms with Crippen molar-refractivity contribution in [2.75, 3.05) is 17.3 Å². The van der Waals surface area contributed by atoms with Crippen LogP contribution in [0.4, 0.5) is 17.1 Å². The van der Waals surface area contributed by atoms with Crippen LogP contribution in [-0.2, 0) is 11.3 Å². The molecule has 3 aromatic carbocycles. The number of carbonyl (C=O) groups excluding carboxylic acids is 2. The van der Waals surface area contributed by atoms with Crippen molar-refractivity contribution >= 4 is 35.1 Å². The van der Waals surface area contributed by atoms with Gasteiger partial charge in [-0.15, -0.1) is 0 Å². The second-order valence-electron chi connectivity index (χ2n) is 7.40. The van der Waals surface area contributed by atoms with Crippen LogP contribution in [0, 0.1) is 0 Å². The molecule has 0 aliphatic carbocycles. The summed E-state index contributed by atoms with van der Waals surface area (Å²) in [5, 5.41) is 2.92. The number of methoxy groups -OCH3 is 1. The fraction of sp³-hybridized carbons (Fsp3) is 0.160. The van der Waals surface area contributed by atoms with Gasteiger partial charge in [-0.1, -0.05) is 24.3 Å². The summed E-state index contributed by atoms with van der Waals surface area (Å²) in [5.74, 6) is 1.10. The Bertz CT molecular complexity index is 1190. The van der Waals surface area contributed by atoms with Gasteiger partial charge in [-0.25, -0.2) is 4.99 Å². The normalized spacial score (nSPS) is 14.9. The molecule has 0 radical (unpaired) electrons. The number of hydrogen-bond donors (Lipinski definition) is 2. The van der Waals surface area contributed by atoms with Crippen molar-refractivity contribution in [2.45, 2.75) is 19.5 Å². The molecule has 1 unspecified atom stereocenters. The van der Waals surface area contributed by atoms with Crippen LogP contribution in [0.25, 0.3) is 0 Å². The van der Waals surface area contributed by atoms with Gasteiger partial charge < -0.3 is 25.5 Å². The van der Waals surface area contributed by atoms with E-state index in [1.807, 2.05) is 48.2 Å². The van der Waals surface area contributed by atoms with Crippen molar-refractivity contribution in [2.24, 2.45) is 10.7 Å². The van der Waals surface area contributed by atoms with Crippen LogP contribution in [0.15, 0.2) is 71.7 Å². The van der Waals surface area contributed by atoms with E-state index in [4.69, 9.17) is 10.5 Å². The number of anilines is 2. The number of amides is 1. The maximum Gasteiger partial charge on any atom is 0.255 e.